The summed E-state index contributed by atoms with van der Waals surface area (Å²) in [4.78, 5) is 20.8. The quantitative estimate of drug-likeness (QED) is 0.458. The summed E-state index contributed by atoms with van der Waals surface area (Å²) in [6, 6.07) is 14.2. The lowest BCUT2D eigenvalue weighted by Gasteiger charge is -2.18. The van der Waals surface area contributed by atoms with Crippen molar-refractivity contribution in [3.8, 4) is 22.4 Å². The van der Waals surface area contributed by atoms with E-state index in [9.17, 15) is 4.79 Å². The molecule has 0 unspecified atom stereocenters. The van der Waals surface area contributed by atoms with E-state index in [-0.39, 0.29) is 5.91 Å². The molecule has 2 aromatic carbocycles. The van der Waals surface area contributed by atoms with Crippen molar-refractivity contribution in [1.29, 1.82) is 0 Å². The summed E-state index contributed by atoms with van der Waals surface area (Å²) in [6.45, 7) is 6.73. The van der Waals surface area contributed by atoms with Crippen LogP contribution in [-0.4, -0.2) is 27.0 Å². The molecule has 0 saturated heterocycles. The second-order valence-corrected chi connectivity index (χ2v) is 8.34. The van der Waals surface area contributed by atoms with Crippen LogP contribution in [0.3, 0.4) is 0 Å². The van der Waals surface area contributed by atoms with Crippen molar-refractivity contribution in [2.45, 2.75) is 20.0 Å². The zero-order valence-electron chi connectivity index (χ0n) is 18.7. The Morgan fingerprint density at radius 3 is 2.64 bits per heavy atom. The number of aryl methyl sites for hydroxylation is 1. The van der Waals surface area contributed by atoms with Gasteiger partial charge in [-0.1, -0.05) is 36.9 Å². The van der Waals surface area contributed by atoms with Crippen LogP contribution < -0.4 is 11.1 Å². The van der Waals surface area contributed by atoms with Crippen molar-refractivity contribution in [1.82, 2.24) is 14.5 Å². The van der Waals surface area contributed by atoms with Gasteiger partial charge in [0.25, 0.3) is 5.91 Å². The lowest BCUT2D eigenvalue weighted by atomic mass is 9.93. The van der Waals surface area contributed by atoms with Crippen LogP contribution in [0, 0.1) is 0 Å². The fourth-order valence-electron chi connectivity index (χ4n) is 4.36. The molecule has 0 aliphatic carbocycles. The number of amides is 1. The Labute approximate surface area is 191 Å². The third-order valence-corrected chi connectivity index (χ3v) is 6.07. The maximum absolute atomic E-state index is 12.0. The number of fused-ring (bicyclic) bond motifs is 2. The van der Waals surface area contributed by atoms with E-state index in [4.69, 9.17) is 10.5 Å². The fraction of sp³-hybridized carbons (Fsp3) is 0.192. The number of nitrogen functional groups attached to an aromatic ring is 1. The molecule has 0 atom stereocenters. The molecule has 4 aromatic rings. The number of benzene rings is 2. The van der Waals surface area contributed by atoms with Gasteiger partial charge in [0.2, 0.25) is 0 Å². The van der Waals surface area contributed by atoms with Gasteiger partial charge in [0, 0.05) is 23.9 Å². The zero-order valence-corrected chi connectivity index (χ0v) is 18.7. The molecule has 7 heteroatoms. The molecule has 5 rings (SSSR count). The third kappa shape index (κ3) is 3.66. The first-order valence-corrected chi connectivity index (χ1v) is 10.8. The molecule has 7 nitrogen and oxygen atoms in total. The standard InChI is InChI=1S/C26H25N5O2/c1-15(2)26(32)30-20-8-6-16(7-9-20)23-21(22-24(27)28-14-29-25(22)31(23)3)18-4-5-19-13-33-11-10-17(19)12-18/h4-9,12,14H,1,10-11,13H2,2-3H3,(H,30,32)(H2,27,28,29). The molecule has 1 aliphatic rings. The predicted molar refractivity (Wildman–Crippen MR) is 131 cm³/mol. The average Bonchev–Trinajstić information content (AvgIpc) is 3.13. The van der Waals surface area contributed by atoms with Gasteiger partial charge in [0.15, 0.2) is 0 Å². The summed E-state index contributed by atoms with van der Waals surface area (Å²) < 4.78 is 7.65. The SMILES string of the molecule is C=C(C)C(=O)Nc1ccc(-c2c(-c3ccc4c(c3)CCOC4)c3c(N)ncnc3n2C)cc1. The van der Waals surface area contributed by atoms with Crippen LogP contribution in [0.25, 0.3) is 33.4 Å². The van der Waals surface area contributed by atoms with Crippen molar-refractivity contribution >= 4 is 28.4 Å². The number of ether oxygens (including phenoxy) is 1. The van der Waals surface area contributed by atoms with Crippen LogP contribution in [0.5, 0.6) is 0 Å². The molecule has 1 amide bonds. The average molecular weight is 440 g/mol. The second kappa shape index (κ2) is 8.18. The zero-order chi connectivity index (χ0) is 23.1. The highest BCUT2D eigenvalue weighted by Gasteiger charge is 2.23. The Bertz CT molecular complexity index is 1400. The molecule has 3 N–H and O–H groups in total. The number of hydrogen-bond acceptors (Lipinski definition) is 5. The van der Waals surface area contributed by atoms with Gasteiger partial charge in [-0.15, -0.1) is 0 Å². The number of hydrogen-bond donors (Lipinski definition) is 2. The van der Waals surface area contributed by atoms with Crippen molar-refractivity contribution < 1.29 is 9.53 Å². The number of aromatic nitrogens is 3. The van der Waals surface area contributed by atoms with Crippen LogP contribution in [0.1, 0.15) is 18.1 Å². The van der Waals surface area contributed by atoms with Gasteiger partial charge in [0.1, 0.15) is 17.8 Å². The first-order chi connectivity index (χ1) is 15.9. The number of anilines is 2. The second-order valence-electron chi connectivity index (χ2n) is 8.34. The first kappa shape index (κ1) is 20.9. The molecule has 0 bridgehead atoms. The van der Waals surface area contributed by atoms with Gasteiger partial charge in [-0.05, 0) is 47.7 Å². The highest BCUT2D eigenvalue weighted by Crippen LogP contribution is 2.42. The Balaban J connectivity index is 1.68. The minimum atomic E-state index is -0.200. The number of carbonyl (C=O) groups excluding carboxylic acids is 1. The monoisotopic (exact) mass is 439 g/mol. The lowest BCUT2D eigenvalue weighted by molar-refractivity contribution is -0.112. The maximum atomic E-state index is 12.0. The van der Waals surface area contributed by atoms with Gasteiger partial charge in [-0.2, -0.15) is 0 Å². The van der Waals surface area contributed by atoms with E-state index in [1.807, 2.05) is 35.9 Å². The molecular formula is C26H25N5O2. The number of carbonyl (C=O) groups is 1. The molecule has 0 radical (unpaired) electrons. The van der Waals surface area contributed by atoms with Crippen molar-refractivity contribution in [3.63, 3.8) is 0 Å². The molecule has 3 heterocycles. The molecule has 0 saturated carbocycles. The van der Waals surface area contributed by atoms with Crippen LogP contribution in [-0.2, 0) is 29.6 Å². The molecule has 33 heavy (non-hydrogen) atoms. The van der Waals surface area contributed by atoms with Crippen LogP contribution >= 0.6 is 0 Å². The molecule has 0 spiro atoms. The number of nitrogens with two attached hydrogens (primary N) is 1. The number of nitrogens with zero attached hydrogens (tertiary/aromatic N) is 3. The summed E-state index contributed by atoms with van der Waals surface area (Å²) in [5.41, 5.74) is 14.8. The summed E-state index contributed by atoms with van der Waals surface area (Å²) in [7, 11) is 1.98. The summed E-state index contributed by atoms with van der Waals surface area (Å²) in [5, 5.41) is 3.69. The van der Waals surface area contributed by atoms with Gasteiger partial charge >= 0.3 is 0 Å². The third-order valence-electron chi connectivity index (χ3n) is 6.07. The Hall–Kier alpha value is -3.97. The molecule has 1 aliphatic heterocycles. The van der Waals surface area contributed by atoms with Crippen LogP contribution in [0.2, 0.25) is 0 Å². The first-order valence-electron chi connectivity index (χ1n) is 10.8. The molecule has 0 fully saturated rings. The lowest BCUT2D eigenvalue weighted by Crippen LogP contribution is -2.11. The largest absolute Gasteiger partial charge is 0.383 e. The Morgan fingerprint density at radius 2 is 1.88 bits per heavy atom. The van der Waals surface area contributed by atoms with E-state index in [1.165, 1.54) is 17.5 Å². The van der Waals surface area contributed by atoms with Gasteiger partial charge < -0.3 is 20.4 Å². The minimum Gasteiger partial charge on any atom is -0.383 e. The maximum Gasteiger partial charge on any atom is 0.250 e. The number of rotatable bonds is 4. The van der Waals surface area contributed by atoms with Gasteiger partial charge in [-0.25, -0.2) is 9.97 Å². The van der Waals surface area contributed by atoms with E-state index in [0.717, 1.165) is 46.4 Å². The van der Waals surface area contributed by atoms with Crippen molar-refractivity contribution in [3.05, 3.63) is 72.1 Å². The van der Waals surface area contributed by atoms with E-state index in [1.54, 1.807) is 6.92 Å². The molecular weight excluding hydrogens is 414 g/mol. The van der Waals surface area contributed by atoms with Gasteiger partial charge in [0.05, 0.1) is 24.3 Å². The highest BCUT2D eigenvalue weighted by atomic mass is 16.5. The topological polar surface area (TPSA) is 95.1 Å². The summed E-state index contributed by atoms with van der Waals surface area (Å²) in [6.07, 6.45) is 2.37. The molecule has 2 aromatic heterocycles. The minimum absolute atomic E-state index is 0.200. The van der Waals surface area contributed by atoms with E-state index >= 15 is 0 Å². The van der Waals surface area contributed by atoms with Crippen LogP contribution in [0.15, 0.2) is 60.9 Å². The summed E-state index contributed by atoms with van der Waals surface area (Å²) >= 11 is 0. The predicted octanol–water partition coefficient (Wildman–Crippen LogP) is 4.47. The van der Waals surface area contributed by atoms with Gasteiger partial charge in [-0.3, -0.25) is 4.79 Å². The smallest absolute Gasteiger partial charge is 0.250 e. The normalized spacial score (nSPS) is 13.0. The van der Waals surface area contributed by atoms with Crippen LogP contribution in [0.4, 0.5) is 11.5 Å². The summed E-state index contributed by atoms with van der Waals surface area (Å²) in [5.74, 6) is 0.248. The van der Waals surface area contributed by atoms with E-state index in [2.05, 4.69) is 40.1 Å². The highest BCUT2D eigenvalue weighted by molar-refractivity contribution is 6.08. The van der Waals surface area contributed by atoms with Crippen molar-refractivity contribution in [2.75, 3.05) is 17.7 Å². The number of nitrogens with one attached hydrogen (secondary N) is 1. The molecule has 166 valence electrons. The van der Waals surface area contributed by atoms with Crippen molar-refractivity contribution in [2.24, 2.45) is 7.05 Å². The Kier molecular flexibility index (Phi) is 5.18. The van der Waals surface area contributed by atoms with E-state index in [0.29, 0.717) is 23.7 Å². The fourth-order valence-corrected chi connectivity index (χ4v) is 4.36. The van der Waals surface area contributed by atoms with E-state index < -0.39 is 0 Å². The Morgan fingerprint density at radius 1 is 1.12 bits per heavy atom.